The third kappa shape index (κ3) is 3.12. The van der Waals surface area contributed by atoms with Crippen molar-refractivity contribution in [3.63, 3.8) is 0 Å². The quantitative estimate of drug-likeness (QED) is 0.703. The Bertz CT molecular complexity index is 355. The van der Waals surface area contributed by atoms with Crippen LogP contribution in [0.5, 0.6) is 0 Å². The second kappa shape index (κ2) is 4.16. The fourth-order valence-corrected chi connectivity index (χ4v) is 1.16. The smallest absolute Gasteiger partial charge is 0.304 e. The van der Waals surface area contributed by atoms with E-state index in [0.29, 0.717) is 5.82 Å². The van der Waals surface area contributed by atoms with Gasteiger partial charge in [0.15, 0.2) is 0 Å². The van der Waals surface area contributed by atoms with Gasteiger partial charge < -0.3 is 15.4 Å². The Labute approximate surface area is 87.5 Å². The summed E-state index contributed by atoms with van der Waals surface area (Å²) in [7, 11) is 0. The SMILES string of the molecule is CC(C)(CC(=O)O)C(=O)Nc1ccc[nH]1. The average molecular weight is 210 g/mol. The fourth-order valence-electron chi connectivity index (χ4n) is 1.16. The van der Waals surface area contributed by atoms with E-state index < -0.39 is 11.4 Å². The molecule has 15 heavy (non-hydrogen) atoms. The van der Waals surface area contributed by atoms with E-state index >= 15 is 0 Å². The zero-order chi connectivity index (χ0) is 11.5. The summed E-state index contributed by atoms with van der Waals surface area (Å²) in [5, 5.41) is 11.2. The van der Waals surface area contributed by atoms with Crippen molar-refractivity contribution >= 4 is 17.7 Å². The maximum Gasteiger partial charge on any atom is 0.304 e. The zero-order valence-corrected chi connectivity index (χ0v) is 8.70. The van der Waals surface area contributed by atoms with E-state index in [1.807, 2.05) is 0 Å². The molecule has 82 valence electrons. The Morgan fingerprint density at radius 2 is 2.20 bits per heavy atom. The summed E-state index contributed by atoms with van der Waals surface area (Å²) in [5.41, 5.74) is -0.920. The minimum absolute atomic E-state index is 0.195. The first kappa shape index (κ1) is 11.3. The molecule has 5 heteroatoms. The molecule has 0 saturated carbocycles. The molecule has 0 aliphatic heterocycles. The van der Waals surface area contributed by atoms with Gasteiger partial charge in [0.2, 0.25) is 5.91 Å². The predicted molar refractivity (Wildman–Crippen MR) is 55.5 cm³/mol. The number of hydrogen-bond acceptors (Lipinski definition) is 2. The van der Waals surface area contributed by atoms with E-state index in [-0.39, 0.29) is 12.3 Å². The van der Waals surface area contributed by atoms with Gasteiger partial charge in [-0.1, -0.05) is 13.8 Å². The Hall–Kier alpha value is -1.78. The third-order valence-corrected chi connectivity index (χ3v) is 2.05. The maximum atomic E-state index is 11.7. The summed E-state index contributed by atoms with van der Waals surface area (Å²) in [4.78, 5) is 25.0. The van der Waals surface area contributed by atoms with Gasteiger partial charge in [-0.15, -0.1) is 0 Å². The van der Waals surface area contributed by atoms with E-state index in [4.69, 9.17) is 5.11 Å². The molecule has 0 radical (unpaired) electrons. The molecule has 1 heterocycles. The van der Waals surface area contributed by atoms with Crippen molar-refractivity contribution in [3.05, 3.63) is 18.3 Å². The minimum atomic E-state index is -0.985. The third-order valence-electron chi connectivity index (χ3n) is 2.05. The highest BCUT2D eigenvalue weighted by Gasteiger charge is 2.30. The highest BCUT2D eigenvalue weighted by molar-refractivity contribution is 5.96. The van der Waals surface area contributed by atoms with Crippen molar-refractivity contribution < 1.29 is 14.7 Å². The Balaban J connectivity index is 2.63. The Morgan fingerprint density at radius 1 is 1.53 bits per heavy atom. The molecular weight excluding hydrogens is 196 g/mol. The number of carbonyl (C=O) groups excluding carboxylic acids is 1. The number of rotatable bonds is 4. The number of carbonyl (C=O) groups is 2. The van der Waals surface area contributed by atoms with Gasteiger partial charge in [0.05, 0.1) is 11.8 Å². The number of H-pyrrole nitrogens is 1. The second-order valence-corrected chi connectivity index (χ2v) is 3.99. The topological polar surface area (TPSA) is 82.2 Å². The number of carboxylic acids is 1. The van der Waals surface area contributed by atoms with Crippen molar-refractivity contribution in [1.29, 1.82) is 0 Å². The number of amides is 1. The summed E-state index contributed by atoms with van der Waals surface area (Å²) in [5.74, 6) is -0.729. The minimum Gasteiger partial charge on any atom is -0.481 e. The summed E-state index contributed by atoms with van der Waals surface area (Å²) in [6, 6.07) is 3.45. The molecule has 0 atom stereocenters. The van der Waals surface area contributed by atoms with E-state index in [1.54, 1.807) is 32.2 Å². The zero-order valence-electron chi connectivity index (χ0n) is 8.70. The fraction of sp³-hybridized carbons (Fsp3) is 0.400. The van der Waals surface area contributed by atoms with Crippen LogP contribution >= 0.6 is 0 Å². The molecule has 0 unspecified atom stereocenters. The molecule has 1 aromatic heterocycles. The van der Waals surface area contributed by atoms with Crippen molar-refractivity contribution in [1.82, 2.24) is 4.98 Å². The number of aromatic amines is 1. The molecule has 0 saturated heterocycles. The van der Waals surface area contributed by atoms with Crippen LogP contribution in [0, 0.1) is 5.41 Å². The van der Waals surface area contributed by atoms with E-state index in [0.717, 1.165) is 0 Å². The molecule has 1 amide bonds. The summed E-state index contributed by atoms with van der Waals surface area (Å²) in [6.45, 7) is 3.19. The molecule has 3 N–H and O–H groups in total. The normalized spacial score (nSPS) is 11.1. The highest BCUT2D eigenvalue weighted by atomic mass is 16.4. The van der Waals surface area contributed by atoms with E-state index in [2.05, 4.69) is 10.3 Å². The molecule has 0 spiro atoms. The van der Waals surface area contributed by atoms with Gasteiger partial charge in [0.25, 0.3) is 0 Å². The largest absolute Gasteiger partial charge is 0.481 e. The molecule has 0 fully saturated rings. The highest BCUT2D eigenvalue weighted by Crippen LogP contribution is 2.22. The molecule has 0 aliphatic carbocycles. The van der Waals surface area contributed by atoms with E-state index in [1.165, 1.54) is 0 Å². The molecule has 0 aromatic carbocycles. The maximum absolute atomic E-state index is 11.7. The van der Waals surface area contributed by atoms with Gasteiger partial charge in [-0.3, -0.25) is 9.59 Å². The van der Waals surface area contributed by atoms with Crippen LogP contribution < -0.4 is 5.32 Å². The summed E-state index contributed by atoms with van der Waals surface area (Å²) < 4.78 is 0. The van der Waals surface area contributed by atoms with Gasteiger partial charge in [0.1, 0.15) is 5.82 Å². The van der Waals surface area contributed by atoms with Crippen LogP contribution in [0.15, 0.2) is 18.3 Å². The second-order valence-electron chi connectivity index (χ2n) is 3.99. The first-order valence-corrected chi connectivity index (χ1v) is 4.58. The van der Waals surface area contributed by atoms with Crippen LogP contribution in [0.1, 0.15) is 20.3 Å². The monoisotopic (exact) mass is 210 g/mol. The Kier molecular flexibility index (Phi) is 3.14. The van der Waals surface area contributed by atoms with Gasteiger partial charge in [-0.25, -0.2) is 0 Å². The summed E-state index contributed by atoms with van der Waals surface area (Å²) >= 11 is 0. The van der Waals surface area contributed by atoms with Crippen molar-refractivity contribution in [2.24, 2.45) is 5.41 Å². The van der Waals surface area contributed by atoms with Crippen molar-refractivity contribution in [2.75, 3.05) is 5.32 Å². The number of aromatic nitrogens is 1. The lowest BCUT2D eigenvalue weighted by Crippen LogP contribution is -2.33. The first-order valence-electron chi connectivity index (χ1n) is 4.58. The lowest BCUT2D eigenvalue weighted by Gasteiger charge is -2.20. The van der Waals surface area contributed by atoms with Crippen LogP contribution in [0.2, 0.25) is 0 Å². The number of anilines is 1. The standard InChI is InChI=1S/C10H14N2O3/c1-10(2,6-8(13)14)9(15)12-7-4-3-5-11-7/h3-5,11H,6H2,1-2H3,(H,12,15)(H,13,14). The predicted octanol–water partition coefficient (Wildman–Crippen LogP) is 1.45. The van der Waals surface area contributed by atoms with Gasteiger partial charge in [-0.05, 0) is 12.1 Å². The average Bonchev–Trinajstić information content (AvgIpc) is 2.54. The first-order chi connectivity index (χ1) is 6.92. The summed E-state index contributed by atoms with van der Waals surface area (Å²) in [6.07, 6.45) is 1.49. The van der Waals surface area contributed by atoms with Crippen LogP contribution in [-0.4, -0.2) is 22.0 Å². The van der Waals surface area contributed by atoms with Crippen LogP contribution in [-0.2, 0) is 9.59 Å². The number of carboxylic acid groups (broad SMARTS) is 1. The van der Waals surface area contributed by atoms with Crippen LogP contribution in [0.4, 0.5) is 5.82 Å². The lowest BCUT2D eigenvalue weighted by molar-refractivity contribution is -0.142. The van der Waals surface area contributed by atoms with Gasteiger partial charge in [0, 0.05) is 6.20 Å². The van der Waals surface area contributed by atoms with Crippen molar-refractivity contribution in [3.8, 4) is 0 Å². The van der Waals surface area contributed by atoms with Crippen LogP contribution in [0.3, 0.4) is 0 Å². The van der Waals surface area contributed by atoms with Gasteiger partial charge in [-0.2, -0.15) is 0 Å². The molecule has 0 aliphatic rings. The molecule has 1 rings (SSSR count). The number of hydrogen-bond donors (Lipinski definition) is 3. The van der Waals surface area contributed by atoms with Crippen molar-refractivity contribution in [2.45, 2.75) is 20.3 Å². The van der Waals surface area contributed by atoms with E-state index in [9.17, 15) is 9.59 Å². The molecule has 0 bridgehead atoms. The molecular formula is C10H14N2O3. The lowest BCUT2D eigenvalue weighted by atomic mass is 9.88. The van der Waals surface area contributed by atoms with Crippen LogP contribution in [0.25, 0.3) is 0 Å². The molecule has 1 aromatic rings. The number of nitrogens with one attached hydrogen (secondary N) is 2. The molecule has 5 nitrogen and oxygen atoms in total. The Morgan fingerprint density at radius 3 is 2.67 bits per heavy atom. The number of aliphatic carboxylic acids is 1. The van der Waals surface area contributed by atoms with Gasteiger partial charge >= 0.3 is 5.97 Å².